The maximum atomic E-state index is 2.63. The van der Waals surface area contributed by atoms with Crippen molar-refractivity contribution in [2.24, 2.45) is 0 Å². The average molecular weight is 809 g/mol. The summed E-state index contributed by atoms with van der Waals surface area (Å²) in [5, 5.41) is 15.3. The molecule has 15 aromatic rings. The third-order valence-electron chi connectivity index (χ3n) is 14.3. The molecule has 2 nitrogen and oxygen atoms in total. The summed E-state index contributed by atoms with van der Waals surface area (Å²) in [6.07, 6.45) is 0. The molecule has 0 radical (unpaired) electrons. The second kappa shape index (κ2) is 12.6. The second-order valence-corrected chi connectivity index (χ2v) is 17.5. The molecule has 4 heterocycles. The van der Waals surface area contributed by atoms with Gasteiger partial charge in [0.25, 0.3) is 0 Å². The monoisotopic (exact) mass is 808 g/mol. The summed E-state index contributed by atoms with van der Waals surface area (Å²) in [5.41, 5.74) is 17.4. The van der Waals surface area contributed by atoms with Crippen LogP contribution in [-0.2, 0) is 0 Å². The Morgan fingerprint density at radius 2 is 0.625 bits per heavy atom. The van der Waals surface area contributed by atoms with Crippen LogP contribution in [0.4, 0.5) is 0 Å². The van der Waals surface area contributed by atoms with Crippen molar-refractivity contribution in [3.63, 3.8) is 0 Å². The number of benzene rings is 11. The van der Waals surface area contributed by atoms with Gasteiger partial charge in [-0.05, 0) is 79.2 Å². The van der Waals surface area contributed by atoms with Gasteiger partial charge in [-0.3, -0.25) is 0 Å². The summed E-state index contributed by atoms with van der Waals surface area (Å²) in [4.78, 5) is 0. The van der Waals surface area contributed by atoms with E-state index in [0.717, 1.165) is 0 Å². The average Bonchev–Trinajstić information content (AvgIpc) is 4.10. The maximum Gasteiger partial charge on any atom is 0.0634 e. The highest BCUT2D eigenvalue weighted by molar-refractivity contribution is 6.39. The summed E-state index contributed by atoms with van der Waals surface area (Å²) < 4.78 is 5.25. The molecule has 0 unspecified atom stereocenters. The van der Waals surface area contributed by atoms with Crippen molar-refractivity contribution in [3.8, 4) is 44.5 Å². The molecule has 0 aliphatic heterocycles. The van der Waals surface area contributed by atoms with Crippen LogP contribution < -0.4 is 0 Å². The number of aromatic nitrogens is 2. The number of hydrogen-bond donors (Lipinski definition) is 0. The van der Waals surface area contributed by atoms with Crippen molar-refractivity contribution in [1.29, 1.82) is 0 Å². The molecule has 0 spiro atoms. The Hall–Kier alpha value is -8.46. The highest BCUT2D eigenvalue weighted by atomic mass is 14.9. The van der Waals surface area contributed by atoms with Crippen LogP contribution in [0, 0.1) is 0 Å². The normalized spacial score (nSPS) is 12.4. The van der Waals surface area contributed by atoms with Crippen LogP contribution >= 0.6 is 0 Å². The van der Waals surface area contributed by atoms with E-state index in [9.17, 15) is 0 Å². The van der Waals surface area contributed by atoms with Gasteiger partial charge in [-0.15, -0.1) is 0 Å². The second-order valence-electron chi connectivity index (χ2n) is 17.5. The molecule has 15 rings (SSSR count). The topological polar surface area (TPSA) is 8.82 Å². The van der Waals surface area contributed by atoms with E-state index in [1.807, 2.05) is 0 Å². The third kappa shape index (κ3) is 4.39. The Balaban J connectivity index is 1.20. The Bertz CT molecular complexity index is 4110. The molecular weight excluding hydrogens is 773 g/mol. The molecule has 11 aromatic carbocycles. The number of para-hydroxylation sites is 2. The van der Waals surface area contributed by atoms with Gasteiger partial charge in [-0.2, -0.15) is 0 Å². The molecule has 4 aromatic heterocycles. The molecule has 0 bridgehead atoms. The van der Waals surface area contributed by atoms with Gasteiger partial charge >= 0.3 is 0 Å². The zero-order chi connectivity index (χ0) is 41.6. The van der Waals surface area contributed by atoms with E-state index in [4.69, 9.17) is 0 Å². The molecule has 0 atom stereocenters. The summed E-state index contributed by atoms with van der Waals surface area (Å²) in [6.45, 7) is 0. The first-order valence-corrected chi connectivity index (χ1v) is 22.3. The van der Waals surface area contributed by atoms with E-state index in [2.05, 4.69) is 227 Å². The quantitative estimate of drug-likeness (QED) is 0.167. The van der Waals surface area contributed by atoms with E-state index < -0.39 is 0 Å². The lowest BCUT2D eigenvalue weighted by Crippen LogP contribution is -1.93. The van der Waals surface area contributed by atoms with Gasteiger partial charge in [0.05, 0.1) is 33.1 Å². The summed E-state index contributed by atoms with van der Waals surface area (Å²) in [7, 11) is 0. The van der Waals surface area contributed by atoms with E-state index >= 15 is 0 Å². The highest BCUT2D eigenvalue weighted by Gasteiger charge is 2.31. The largest absolute Gasteiger partial charge is 0.307 e. The molecule has 0 saturated heterocycles. The number of fused-ring (bicyclic) bond motifs is 14. The zero-order valence-corrected chi connectivity index (χ0v) is 34.7. The summed E-state index contributed by atoms with van der Waals surface area (Å²) in [6, 6.07) is 81.4. The lowest BCUT2D eigenvalue weighted by molar-refractivity contribution is 1.36. The molecular formula is C62H36N2. The smallest absolute Gasteiger partial charge is 0.0634 e. The first kappa shape index (κ1) is 34.2. The van der Waals surface area contributed by atoms with Crippen LogP contribution in [0.25, 0.3) is 142 Å². The molecule has 0 fully saturated rings. The van der Waals surface area contributed by atoms with Gasteiger partial charge in [-0.25, -0.2) is 0 Å². The number of rotatable bonds is 4. The molecule has 64 heavy (non-hydrogen) atoms. The van der Waals surface area contributed by atoms with Crippen molar-refractivity contribution >= 4 is 97.7 Å². The van der Waals surface area contributed by atoms with E-state index in [-0.39, 0.29) is 0 Å². The van der Waals surface area contributed by atoms with Gasteiger partial charge in [0.2, 0.25) is 0 Å². The molecule has 0 saturated carbocycles. The Morgan fingerprint density at radius 3 is 1.08 bits per heavy atom. The van der Waals surface area contributed by atoms with Gasteiger partial charge in [0.15, 0.2) is 0 Å². The highest BCUT2D eigenvalue weighted by Crippen LogP contribution is 2.55. The standard InChI is InChI=1S/C62H36N2/c1-3-17-39(18-4-1)53-57-49-33-31-45(43-29-27-37-15-7-9-21-41(37)35-43)55-48-24-12-14-26-52(48)64(59(49)55)62(57)54(40-19-5-2-6-20-40)58-50-34-32-46(44-30-28-38-16-8-10-22-42(38)36-44)56-47-23-11-13-25-51(47)63(60(50)56)61(53)58/h1-36H. The first-order chi connectivity index (χ1) is 31.8. The van der Waals surface area contributed by atoms with E-state index in [1.165, 1.54) is 142 Å². The van der Waals surface area contributed by atoms with Crippen molar-refractivity contribution in [2.75, 3.05) is 0 Å². The summed E-state index contributed by atoms with van der Waals surface area (Å²) in [5.74, 6) is 0. The fraction of sp³-hybridized carbons (Fsp3) is 0. The lowest BCUT2D eigenvalue weighted by atomic mass is 9.88. The first-order valence-electron chi connectivity index (χ1n) is 22.3. The predicted octanol–water partition coefficient (Wildman–Crippen LogP) is 17.0. The Morgan fingerprint density at radius 1 is 0.234 bits per heavy atom. The van der Waals surface area contributed by atoms with Gasteiger partial charge in [-0.1, -0.05) is 194 Å². The maximum absolute atomic E-state index is 2.63. The van der Waals surface area contributed by atoms with Crippen molar-refractivity contribution in [3.05, 3.63) is 218 Å². The molecule has 294 valence electrons. The van der Waals surface area contributed by atoms with Crippen molar-refractivity contribution < 1.29 is 0 Å². The molecule has 0 aliphatic carbocycles. The summed E-state index contributed by atoms with van der Waals surface area (Å²) >= 11 is 0. The minimum Gasteiger partial charge on any atom is -0.307 e. The zero-order valence-electron chi connectivity index (χ0n) is 34.7. The van der Waals surface area contributed by atoms with Gasteiger partial charge in [0.1, 0.15) is 0 Å². The van der Waals surface area contributed by atoms with Crippen LogP contribution in [0.1, 0.15) is 0 Å². The minimum absolute atomic E-state index is 1.21. The SMILES string of the molecule is c1ccc(-c2c3c4ccc(-c5ccc6ccccc6c5)c5c6ccccc6n(c3c(-c3ccccc3)c3c6ccc(-c7ccc8ccccc8c7)c7c8ccccc8n(c23)c67)c45)cc1. The fourth-order valence-electron chi connectivity index (χ4n) is 11.7. The van der Waals surface area contributed by atoms with E-state index in [0.29, 0.717) is 0 Å². The number of nitrogens with zero attached hydrogens (tertiary/aromatic N) is 2. The number of hydrogen-bond acceptors (Lipinski definition) is 0. The molecule has 0 N–H and O–H groups in total. The van der Waals surface area contributed by atoms with E-state index in [1.54, 1.807) is 0 Å². The van der Waals surface area contributed by atoms with Crippen LogP contribution in [0.2, 0.25) is 0 Å². The van der Waals surface area contributed by atoms with Crippen LogP contribution in [0.5, 0.6) is 0 Å². The lowest BCUT2D eigenvalue weighted by Gasteiger charge is -2.16. The van der Waals surface area contributed by atoms with Crippen LogP contribution in [0.15, 0.2) is 218 Å². The van der Waals surface area contributed by atoms with Crippen LogP contribution in [0.3, 0.4) is 0 Å². The fourth-order valence-corrected chi connectivity index (χ4v) is 11.7. The third-order valence-corrected chi connectivity index (χ3v) is 14.3. The minimum atomic E-state index is 1.21. The molecule has 0 aliphatic rings. The van der Waals surface area contributed by atoms with Gasteiger partial charge in [0, 0.05) is 54.2 Å². The van der Waals surface area contributed by atoms with Crippen molar-refractivity contribution in [2.45, 2.75) is 0 Å². The van der Waals surface area contributed by atoms with Crippen molar-refractivity contribution in [1.82, 2.24) is 8.80 Å². The van der Waals surface area contributed by atoms with Gasteiger partial charge < -0.3 is 8.80 Å². The Labute approximate surface area is 367 Å². The molecule has 0 amide bonds. The predicted molar refractivity (Wildman–Crippen MR) is 273 cm³/mol. The molecule has 2 heteroatoms. The Kier molecular flexibility index (Phi) is 6.71. The van der Waals surface area contributed by atoms with Crippen LogP contribution in [-0.4, -0.2) is 8.80 Å².